The predicted octanol–water partition coefficient (Wildman–Crippen LogP) is 3.04. The molecule has 0 heterocycles. The first-order chi connectivity index (χ1) is 8.69. The molecule has 0 radical (unpaired) electrons. The van der Waals surface area contributed by atoms with Gasteiger partial charge in [-0.3, -0.25) is 4.79 Å². The van der Waals surface area contributed by atoms with Gasteiger partial charge >= 0.3 is 0 Å². The third kappa shape index (κ3) is 3.47. The van der Waals surface area contributed by atoms with Crippen LogP contribution in [-0.4, -0.2) is 12.5 Å². The van der Waals surface area contributed by atoms with Gasteiger partial charge in [-0.15, -0.1) is 0 Å². The summed E-state index contributed by atoms with van der Waals surface area (Å²) in [6.07, 6.45) is 4.02. The number of amides is 1. The first-order valence-corrected chi connectivity index (χ1v) is 6.83. The standard InChI is InChI=1S/C14H19ClN2O/c15-12-5-7-13(8-6-12)17-14(18)11-3-1-10(9-16)2-4-11/h5-8,10-11H,1-4,9,16H2,(H,17,18). The van der Waals surface area contributed by atoms with E-state index in [2.05, 4.69) is 5.32 Å². The summed E-state index contributed by atoms with van der Waals surface area (Å²) in [5.41, 5.74) is 6.46. The lowest BCUT2D eigenvalue weighted by atomic mass is 9.81. The normalized spacial score (nSPS) is 23.7. The summed E-state index contributed by atoms with van der Waals surface area (Å²) in [6, 6.07) is 7.21. The molecule has 1 amide bonds. The Hall–Kier alpha value is -1.06. The van der Waals surface area contributed by atoms with E-state index in [1.54, 1.807) is 12.1 Å². The molecule has 1 aromatic rings. The molecule has 0 saturated heterocycles. The zero-order valence-corrected chi connectivity index (χ0v) is 11.1. The number of anilines is 1. The highest BCUT2D eigenvalue weighted by molar-refractivity contribution is 6.30. The molecule has 1 aromatic carbocycles. The van der Waals surface area contributed by atoms with Gasteiger partial charge in [0.05, 0.1) is 0 Å². The molecule has 2 rings (SSSR count). The van der Waals surface area contributed by atoms with Crippen LogP contribution in [0.3, 0.4) is 0 Å². The number of hydrogen-bond acceptors (Lipinski definition) is 2. The van der Waals surface area contributed by atoms with Gasteiger partial charge in [-0.1, -0.05) is 11.6 Å². The molecule has 1 fully saturated rings. The number of nitrogens with two attached hydrogens (primary N) is 1. The van der Waals surface area contributed by atoms with Crippen LogP contribution in [0, 0.1) is 11.8 Å². The maximum Gasteiger partial charge on any atom is 0.227 e. The quantitative estimate of drug-likeness (QED) is 0.884. The average molecular weight is 267 g/mol. The molecule has 3 N–H and O–H groups in total. The Labute approximate surface area is 113 Å². The third-order valence-corrected chi connectivity index (χ3v) is 3.91. The second-order valence-corrected chi connectivity index (χ2v) is 5.39. The molecule has 1 aliphatic carbocycles. The highest BCUT2D eigenvalue weighted by atomic mass is 35.5. The number of benzene rings is 1. The first-order valence-electron chi connectivity index (χ1n) is 6.45. The van der Waals surface area contributed by atoms with Crippen LogP contribution in [0.15, 0.2) is 24.3 Å². The first kappa shape index (κ1) is 13.4. The Morgan fingerprint density at radius 2 is 1.83 bits per heavy atom. The van der Waals surface area contributed by atoms with Crippen molar-refractivity contribution in [2.45, 2.75) is 25.7 Å². The molecular formula is C14H19ClN2O. The molecule has 3 nitrogen and oxygen atoms in total. The van der Waals surface area contributed by atoms with Gasteiger partial charge in [-0.05, 0) is 62.4 Å². The van der Waals surface area contributed by atoms with Crippen molar-refractivity contribution >= 4 is 23.2 Å². The molecule has 18 heavy (non-hydrogen) atoms. The topological polar surface area (TPSA) is 55.1 Å². The van der Waals surface area contributed by atoms with Crippen molar-refractivity contribution in [1.82, 2.24) is 0 Å². The van der Waals surface area contributed by atoms with E-state index in [0.29, 0.717) is 10.9 Å². The van der Waals surface area contributed by atoms with Crippen LogP contribution in [0.2, 0.25) is 5.02 Å². The van der Waals surface area contributed by atoms with Crippen molar-refractivity contribution in [3.63, 3.8) is 0 Å². The molecule has 0 atom stereocenters. The zero-order chi connectivity index (χ0) is 13.0. The zero-order valence-electron chi connectivity index (χ0n) is 10.4. The molecule has 0 aromatic heterocycles. The van der Waals surface area contributed by atoms with Crippen molar-refractivity contribution in [2.24, 2.45) is 17.6 Å². The van der Waals surface area contributed by atoms with Gasteiger partial charge in [0, 0.05) is 16.6 Å². The summed E-state index contributed by atoms with van der Waals surface area (Å²) in [6.45, 7) is 0.742. The second kappa shape index (κ2) is 6.21. The second-order valence-electron chi connectivity index (χ2n) is 4.95. The van der Waals surface area contributed by atoms with E-state index in [9.17, 15) is 4.79 Å². The van der Waals surface area contributed by atoms with Crippen molar-refractivity contribution in [3.05, 3.63) is 29.3 Å². The molecule has 1 saturated carbocycles. The van der Waals surface area contributed by atoms with E-state index in [1.165, 1.54) is 0 Å². The van der Waals surface area contributed by atoms with Crippen LogP contribution in [-0.2, 0) is 4.79 Å². The minimum atomic E-state index is 0.118. The molecule has 0 bridgehead atoms. The number of halogens is 1. The molecule has 1 aliphatic rings. The summed E-state index contributed by atoms with van der Waals surface area (Å²) >= 11 is 5.80. The van der Waals surface area contributed by atoms with Crippen LogP contribution in [0.5, 0.6) is 0 Å². The van der Waals surface area contributed by atoms with Gasteiger partial charge in [0.25, 0.3) is 0 Å². The van der Waals surface area contributed by atoms with Gasteiger partial charge in [-0.25, -0.2) is 0 Å². The lowest BCUT2D eigenvalue weighted by molar-refractivity contribution is -0.121. The highest BCUT2D eigenvalue weighted by Crippen LogP contribution is 2.29. The Balaban J connectivity index is 1.87. The summed E-state index contributed by atoms with van der Waals surface area (Å²) in [7, 11) is 0. The highest BCUT2D eigenvalue weighted by Gasteiger charge is 2.25. The van der Waals surface area contributed by atoms with Crippen molar-refractivity contribution in [2.75, 3.05) is 11.9 Å². The fourth-order valence-corrected chi connectivity index (χ4v) is 2.56. The summed E-state index contributed by atoms with van der Waals surface area (Å²) < 4.78 is 0. The van der Waals surface area contributed by atoms with Crippen molar-refractivity contribution in [3.8, 4) is 0 Å². The Kier molecular flexibility index (Phi) is 4.61. The van der Waals surface area contributed by atoms with Crippen LogP contribution >= 0.6 is 11.6 Å². The monoisotopic (exact) mass is 266 g/mol. The largest absolute Gasteiger partial charge is 0.330 e. The van der Waals surface area contributed by atoms with Crippen LogP contribution in [0.4, 0.5) is 5.69 Å². The van der Waals surface area contributed by atoms with E-state index in [4.69, 9.17) is 17.3 Å². The van der Waals surface area contributed by atoms with Crippen LogP contribution < -0.4 is 11.1 Å². The van der Waals surface area contributed by atoms with E-state index < -0.39 is 0 Å². The maximum atomic E-state index is 12.1. The van der Waals surface area contributed by atoms with E-state index >= 15 is 0 Å². The van der Waals surface area contributed by atoms with Gasteiger partial charge in [0.1, 0.15) is 0 Å². The summed E-state index contributed by atoms with van der Waals surface area (Å²) in [5, 5.41) is 3.62. The maximum absolute atomic E-state index is 12.1. The smallest absolute Gasteiger partial charge is 0.227 e. The fraction of sp³-hybridized carbons (Fsp3) is 0.500. The Bertz CT molecular complexity index is 397. The van der Waals surface area contributed by atoms with Crippen molar-refractivity contribution < 1.29 is 4.79 Å². The lowest BCUT2D eigenvalue weighted by Crippen LogP contribution is -2.29. The SMILES string of the molecule is NCC1CCC(C(=O)Nc2ccc(Cl)cc2)CC1. The van der Waals surface area contributed by atoms with Crippen LogP contribution in [0.1, 0.15) is 25.7 Å². The molecule has 0 spiro atoms. The summed E-state index contributed by atoms with van der Waals surface area (Å²) in [5.74, 6) is 0.848. The lowest BCUT2D eigenvalue weighted by Gasteiger charge is -2.26. The Morgan fingerprint density at radius 3 is 2.39 bits per heavy atom. The van der Waals surface area contributed by atoms with Gasteiger partial charge < -0.3 is 11.1 Å². The number of nitrogens with one attached hydrogen (secondary N) is 1. The number of carbonyl (C=O) groups excluding carboxylic acids is 1. The number of hydrogen-bond donors (Lipinski definition) is 2. The number of rotatable bonds is 3. The molecular weight excluding hydrogens is 248 g/mol. The van der Waals surface area contributed by atoms with Crippen molar-refractivity contribution in [1.29, 1.82) is 0 Å². The van der Waals surface area contributed by atoms with E-state index in [1.807, 2.05) is 12.1 Å². The molecule has 0 unspecified atom stereocenters. The third-order valence-electron chi connectivity index (χ3n) is 3.66. The minimum Gasteiger partial charge on any atom is -0.330 e. The van der Waals surface area contributed by atoms with Gasteiger partial charge in [-0.2, -0.15) is 0 Å². The predicted molar refractivity (Wildman–Crippen MR) is 74.6 cm³/mol. The van der Waals surface area contributed by atoms with E-state index in [0.717, 1.165) is 37.9 Å². The number of carbonyl (C=O) groups is 1. The summed E-state index contributed by atoms with van der Waals surface area (Å²) in [4.78, 5) is 12.1. The van der Waals surface area contributed by atoms with Gasteiger partial charge in [0.15, 0.2) is 0 Å². The molecule has 98 valence electrons. The van der Waals surface area contributed by atoms with Crippen LogP contribution in [0.25, 0.3) is 0 Å². The van der Waals surface area contributed by atoms with Gasteiger partial charge in [0.2, 0.25) is 5.91 Å². The Morgan fingerprint density at radius 1 is 1.22 bits per heavy atom. The minimum absolute atomic E-state index is 0.118. The van der Waals surface area contributed by atoms with E-state index in [-0.39, 0.29) is 11.8 Å². The fourth-order valence-electron chi connectivity index (χ4n) is 2.44. The molecule has 0 aliphatic heterocycles. The average Bonchev–Trinajstić information content (AvgIpc) is 2.41. The molecule has 4 heteroatoms.